The Morgan fingerprint density at radius 2 is 1.68 bits per heavy atom. The van der Waals surface area contributed by atoms with E-state index in [9.17, 15) is 4.79 Å². The first kappa shape index (κ1) is 17.5. The highest BCUT2D eigenvalue weighted by Gasteiger charge is 2.12. The fourth-order valence-corrected chi connectivity index (χ4v) is 3.17. The highest BCUT2D eigenvalue weighted by atomic mass is 16.1. The van der Waals surface area contributed by atoms with Gasteiger partial charge in [0.05, 0.1) is 11.2 Å². The van der Waals surface area contributed by atoms with Gasteiger partial charge in [0.2, 0.25) is 0 Å². The summed E-state index contributed by atoms with van der Waals surface area (Å²) in [5.74, 6) is 0. The van der Waals surface area contributed by atoms with Gasteiger partial charge in [-0.3, -0.25) is 9.78 Å². The molecule has 3 N–H and O–H groups in total. The molecule has 4 rings (SSSR count). The van der Waals surface area contributed by atoms with Gasteiger partial charge in [0.25, 0.3) is 0 Å². The van der Waals surface area contributed by atoms with Gasteiger partial charge in [0.1, 0.15) is 6.29 Å². The lowest BCUT2D eigenvalue weighted by Gasteiger charge is -2.15. The summed E-state index contributed by atoms with van der Waals surface area (Å²) in [7, 11) is 0. The van der Waals surface area contributed by atoms with E-state index in [2.05, 4.69) is 16.9 Å². The van der Waals surface area contributed by atoms with Crippen molar-refractivity contribution >= 4 is 34.3 Å². The van der Waals surface area contributed by atoms with Crippen LogP contribution in [-0.2, 0) is 0 Å². The van der Waals surface area contributed by atoms with Crippen molar-refractivity contribution in [2.75, 3.05) is 5.32 Å². The molecule has 0 amide bonds. The molecule has 0 atom stereocenters. The predicted octanol–water partition coefficient (Wildman–Crippen LogP) is 5.39. The average Bonchev–Trinajstić information content (AvgIpc) is 2.74. The number of nitrogens with one attached hydrogen (secondary N) is 1. The van der Waals surface area contributed by atoms with Crippen molar-refractivity contribution in [3.05, 3.63) is 96.7 Å². The van der Waals surface area contributed by atoms with E-state index in [0.717, 1.165) is 45.3 Å². The molecule has 0 unspecified atom stereocenters. The van der Waals surface area contributed by atoms with Crippen LogP contribution in [0.5, 0.6) is 0 Å². The van der Waals surface area contributed by atoms with Crippen LogP contribution in [0, 0.1) is 0 Å². The molecule has 0 radical (unpaired) electrons. The number of anilines is 2. The van der Waals surface area contributed by atoms with Gasteiger partial charge in [-0.05, 0) is 29.3 Å². The van der Waals surface area contributed by atoms with Crippen LogP contribution in [0.15, 0.2) is 85.6 Å². The fourth-order valence-electron chi connectivity index (χ4n) is 3.17. The molecular formula is C24H19N3O. The van der Waals surface area contributed by atoms with Crippen LogP contribution in [0.1, 0.15) is 15.9 Å². The van der Waals surface area contributed by atoms with Crippen molar-refractivity contribution in [3.8, 4) is 11.1 Å². The van der Waals surface area contributed by atoms with Crippen LogP contribution in [0.4, 0.5) is 11.4 Å². The minimum absolute atomic E-state index is 0.460. The number of nitrogens with two attached hydrogens (primary N) is 1. The van der Waals surface area contributed by atoms with Crippen molar-refractivity contribution in [1.29, 1.82) is 0 Å². The van der Waals surface area contributed by atoms with E-state index in [4.69, 9.17) is 5.73 Å². The van der Waals surface area contributed by atoms with E-state index in [0.29, 0.717) is 11.3 Å². The molecule has 1 heterocycles. The van der Waals surface area contributed by atoms with E-state index in [-0.39, 0.29) is 0 Å². The third-order valence-electron chi connectivity index (χ3n) is 4.64. The molecule has 0 aliphatic carbocycles. The third kappa shape index (κ3) is 3.35. The summed E-state index contributed by atoms with van der Waals surface area (Å²) in [4.78, 5) is 15.5. The smallest absolute Gasteiger partial charge is 0.150 e. The Morgan fingerprint density at radius 3 is 2.36 bits per heavy atom. The lowest BCUT2D eigenvalue weighted by Crippen LogP contribution is -2.02. The van der Waals surface area contributed by atoms with Crippen molar-refractivity contribution in [2.24, 2.45) is 5.73 Å². The molecule has 0 aliphatic rings. The van der Waals surface area contributed by atoms with Crippen LogP contribution in [-0.4, -0.2) is 11.3 Å². The zero-order chi connectivity index (χ0) is 19.5. The molecule has 136 valence electrons. The number of carbonyl (C=O) groups excluding carboxylic acids is 1. The van der Waals surface area contributed by atoms with Gasteiger partial charge >= 0.3 is 0 Å². The third-order valence-corrected chi connectivity index (χ3v) is 4.64. The van der Waals surface area contributed by atoms with E-state index < -0.39 is 0 Å². The standard InChI is InChI=1S/C24H19N3O/c1-16(25)22-14-26-23-13-19(18-9-7-17(15-28)8-10-18)11-12-21(23)24(22)27-20-5-3-2-4-6-20/h2-15H,1,25H2,(H,26,27). The summed E-state index contributed by atoms with van der Waals surface area (Å²) < 4.78 is 0. The lowest BCUT2D eigenvalue weighted by atomic mass is 10.0. The zero-order valence-electron chi connectivity index (χ0n) is 15.2. The number of hydrogen-bond donors (Lipinski definition) is 2. The maximum absolute atomic E-state index is 10.9. The van der Waals surface area contributed by atoms with Gasteiger partial charge in [0, 0.05) is 34.1 Å². The van der Waals surface area contributed by atoms with E-state index >= 15 is 0 Å². The highest BCUT2D eigenvalue weighted by Crippen LogP contribution is 2.33. The Bertz CT molecular complexity index is 1170. The summed E-state index contributed by atoms with van der Waals surface area (Å²) in [6.45, 7) is 3.89. The van der Waals surface area contributed by atoms with E-state index in [1.807, 2.05) is 72.8 Å². The molecular weight excluding hydrogens is 346 g/mol. The predicted molar refractivity (Wildman–Crippen MR) is 116 cm³/mol. The van der Waals surface area contributed by atoms with Crippen LogP contribution in [0.25, 0.3) is 27.7 Å². The number of rotatable bonds is 5. The van der Waals surface area contributed by atoms with Gasteiger partial charge in [-0.2, -0.15) is 0 Å². The summed E-state index contributed by atoms with van der Waals surface area (Å²) in [5.41, 5.74) is 12.6. The molecule has 0 aliphatic heterocycles. The number of aromatic nitrogens is 1. The Hall–Kier alpha value is -3.92. The first-order valence-electron chi connectivity index (χ1n) is 8.91. The molecule has 4 heteroatoms. The van der Waals surface area contributed by atoms with E-state index in [1.54, 1.807) is 6.20 Å². The number of benzene rings is 3. The molecule has 0 spiro atoms. The summed E-state index contributed by atoms with van der Waals surface area (Å²) in [5, 5.41) is 4.41. The Kier molecular flexibility index (Phi) is 4.60. The second-order valence-corrected chi connectivity index (χ2v) is 6.53. The lowest BCUT2D eigenvalue weighted by molar-refractivity contribution is 0.112. The second kappa shape index (κ2) is 7.37. The molecule has 4 aromatic rings. The minimum Gasteiger partial charge on any atom is -0.399 e. The molecule has 0 saturated heterocycles. The largest absolute Gasteiger partial charge is 0.399 e. The number of para-hydroxylation sites is 1. The van der Waals surface area contributed by atoms with Crippen molar-refractivity contribution in [1.82, 2.24) is 4.98 Å². The van der Waals surface area contributed by atoms with Crippen LogP contribution >= 0.6 is 0 Å². The van der Waals surface area contributed by atoms with Gasteiger partial charge in [0.15, 0.2) is 0 Å². The van der Waals surface area contributed by atoms with Gasteiger partial charge < -0.3 is 11.1 Å². The number of aldehydes is 1. The molecule has 0 saturated carbocycles. The highest BCUT2D eigenvalue weighted by molar-refractivity contribution is 6.00. The SMILES string of the molecule is C=C(N)c1cnc2cc(-c3ccc(C=O)cc3)ccc2c1Nc1ccccc1. The Balaban J connectivity index is 1.83. The Labute approximate surface area is 163 Å². The monoisotopic (exact) mass is 365 g/mol. The van der Waals surface area contributed by atoms with Gasteiger partial charge in [-0.15, -0.1) is 0 Å². The first-order chi connectivity index (χ1) is 13.7. The van der Waals surface area contributed by atoms with Gasteiger partial charge in [-0.25, -0.2) is 0 Å². The molecule has 4 nitrogen and oxygen atoms in total. The second-order valence-electron chi connectivity index (χ2n) is 6.53. The summed E-state index contributed by atoms with van der Waals surface area (Å²) >= 11 is 0. The van der Waals surface area contributed by atoms with Crippen molar-refractivity contribution in [3.63, 3.8) is 0 Å². The summed E-state index contributed by atoms with van der Waals surface area (Å²) in [6.07, 6.45) is 2.59. The number of pyridine rings is 1. The molecule has 1 aromatic heterocycles. The van der Waals surface area contributed by atoms with Crippen LogP contribution < -0.4 is 11.1 Å². The van der Waals surface area contributed by atoms with Gasteiger partial charge in [-0.1, -0.05) is 61.2 Å². The van der Waals surface area contributed by atoms with Crippen LogP contribution in [0.2, 0.25) is 0 Å². The molecule has 28 heavy (non-hydrogen) atoms. The minimum atomic E-state index is 0.460. The van der Waals surface area contributed by atoms with Crippen LogP contribution in [0.3, 0.4) is 0 Å². The molecule has 0 bridgehead atoms. The maximum atomic E-state index is 10.9. The number of nitrogens with zero attached hydrogens (tertiary/aromatic N) is 1. The fraction of sp³-hybridized carbons (Fsp3) is 0. The quantitative estimate of drug-likeness (QED) is 0.466. The molecule has 0 fully saturated rings. The van der Waals surface area contributed by atoms with Crippen molar-refractivity contribution < 1.29 is 4.79 Å². The first-order valence-corrected chi connectivity index (χ1v) is 8.91. The van der Waals surface area contributed by atoms with Crippen molar-refractivity contribution in [2.45, 2.75) is 0 Å². The topological polar surface area (TPSA) is 68.0 Å². The van der Waals surface area contributed by atoms with E-state index in [1.165, 1.54) is 0 Å². The normalized spacial score (nSPS) is 10.6. The number of hydrogen-bond acceptors (Lipinski definition) is 4. The summed E-state index contributed by atoms with van der Waals surface area (Å²) in [6, 6.07) is 23.5. The Morgan fingerprint density at radius 1 is 0.964 bits per heavy atom. The molecule has 3 aromatic carbocycles. The zero-order valence-corrected chi connectivity index (χ0v) is 15.2. The average molecular weight is 365 g/mol. The number of fused-ring (bicyclic) bond motifs is 1. The maximum Gasteiger partial charge on any atom is 0.150 e. The number of carbonyl (C=O) groups is 1.